The zero-order valence-electron chi connectivity index (χ0n) is 12.4. The summed E-state index contributed by atoms with van der Waals surface area (Å²) in [6.45, 7) is 4.11. The van der Waals surface area contributed by atoms with Gasteiger partial charge < -0.3 is 10.1 Å². The summed E-state index contributed by atoms with van der Waals surface area (Å²) in [4.78, 5) is 11.9. The maximum absolute atomic E-state index is 11.9. The Balaban J connectivity index is 1.91. The van der Waals surface area contributed by atoms with Crippen molar-refractivity contribution in [1.29, 1.82) is 0 Å². The number of hydrogen-bond donors (Lipinski definition) is 1. The quantitative estimate of drug-likeness (QED) is 0.820. The highest BCUT2D eigenvalue weighted by Gasteiger charge is 2.07. The fraction of sp³-hybridized carbons (Fsp3) is 0.235. The first-order valence-electron chi connectivity index (χ1n) is 6.93. The Bertz CT molecular complexity index is 654. The predicted octanol–water partition coefficient (Wildman–Crippen LogP) is 5.13. The van der Waals surface area contributed by atoms with Gasteiger partial charge in [-0.15, -0.1) is 0 Å². The third-order valence-corrected chi connectivity index (χ3v) is 3.66. The Morgan fingerprint density at radius 3 is 2.45 bits per heavy atom. The summed E-state index contributed by atoms with van der Waals surface area (Å²) in [6, 6.07) is 12.6. The number of anilines is 1. The number of ether oxygens (including phenoxy) is 1. The normalized spacial score (nSPS) is 10.6. The van der Waals surface area contributed by atoms with Gasteiger partial charge >= 0.3 is 0 Å². The summed E-state index contributed by atoms with van der Waals surface area (Å²) >= 11 is 11.8. The maximum Gasteiger partial charge on any atom is 0.262 e. The zero-order chi connectivity index (χ0) is 16.1. The average Bonchev–Trinajstić information content (AvgIpc) is 2.49. The first-order chi connectivity index (χ1) is 10.5. The molecule has 0 fully saturated rings. The molecule has 0 radical (unpaired) electrons. The summed E-state index contributed by atoms with van der Waals surface area (Å²) in [5, 5.41) is 3.69. The molecule has 1 amide bonds. The highest BCUT2D eigenvalue weighted by molar-refractivity contribution is 6.34. The Morgan fingerprint density at radius 2 is 1.82 bits per heavy atom. The summed E-state index contributed by atoms with van der Waals surface area (Å²) in [7, 11) is 0. The van der Waals surface area contributed by atoms with Crippen LogP contribution in [0.3, 0.4) is 0 Å². The lowest BCUT2D eigenvalue weighted by Crippen LogP contribution is -2.20. The van der Waals surface area contributed by atoms with Crippen LogP contribution >= 0.6 is 23.2 Å². The van der Waals surface area contributed by atoms with E-state index < -0.39 is 0 Å². The molecule has 0 spiro atoms. The Labute approximate surface area is 140 Å². The molecular weight excluding hydrogens is 321 g/mol. The summed E-state index contributed by atoms with van der Waals surface area (Å²) < 4.78 is 5.39. The molecule has 2 aromatic rings. The molecule has 2 rings (SSSR count). The van der Waals surface area contributed by atoms with Crippen LogP contribution in [0.25, 0.3) is 0 Å². The van der Waals surface area contributed by atoms with E-state index in [1.807, 2.05) is 24.3 Å². The fourth-order valence-corrected chi connectivity index (χ4v) is 2.21. The van der Waals surface area contributed by atoms with Gasteiger partial charge in [-0.05, 0) is 35.7 Å². The van der Waals surface area contributed by atoms with Crippen molar-refractivity contribution in [1.82, 2.24) is 0 Å². The third kappa shape index (κ3) is 4.65. The van der Waals surface area contributed by atoms with Gasteiger partial charge in [0.2, 0.25) is 0 Å². The highest BCUT2D eigenvalue weighted by Crippen LogP contribution is 2.27. The third-order valence-electron chi connectivity index (χ3n) is 3.11. The highest BCUT2D eigenvalue weighted by atomic mass is 35.5. The molecule has 5 heteroatoms. The zero-order valence-corrected chi connectivity index (χ0v) is 13.9. The maximum atomic E-state index is 11.9. The van der Waals surface area contributed by atoms with E-state index in [1.165, 1.54) is 5.56 Å². The molecule has 116 valence electrons. The predicted molar refractivity (Wildman–Crippen MR) is 91.1 cm³/mol. The largest absolute Gasteiger partial charge is 0.482 e. The van der Waals surface area contributed by atoms with Gasteiger partial charge in [0.15, 0.2) is 6.61 Å². The molecule has 1 N–H and O–H groups in total. The van der Waals surface area contributed by atoms with Crippen LogP contribution in [0.15, 0.2) is 42.5 Å². The molecule has 0 aromatic heterocycles. The van der Waals surface area contributed by atoms with E-state index in [4.69, 9.17) is 27.9 Å². The van der Waals surface area contributed by atoms with E-state index in [-0.39, 0.29) is 12.5 Å². The smallest absolute Gasteiger partial charge is 0.262 e. The van der Waals surface area contributed by atoms with Crippen LogP contribution in [-0.4, -0.2) is 12.5 Å². The topological polar surface area (TPSA) is 38.3 Å². The molecule has 22 heavy (non-hydrogen) atoms. The standard InChI is InChI=1S/C17H17Cl2NO2/c1-11(2)12-3-6-14(7-4-12)20-17(21)10-22-16-9-13(18)5-8-15(16)19/h3-9,11H,10H2,1-2H3,(H,20,21). The van der Waals surface area contributed by atoms with E-state index >= 15 is 0 Å². The van der Waals surface area contributed by atoms with E-state index in [1.54, 1.807) is 18.2 Å². The van der Waals surface area contributed by atoms with Gasteiger partial charge in [-0.25, -0.2) is 0 Å². The molecule has 0 bridgehead atoms. The molecule has 0 atom stereocenters. The van der Waals surface area contributed by atoms with Gasteiger partial charge in [-0.3, -0.25) is 4.79 Å². The number of carbonyl (C=O) groups excluding carboxylic acids is 1. The van der Waals surface area contributed by atoms with Gasteiger partial charge in [-0.2, -0.15) is 0 Å². The first-order valence-corrected chi connectivity index (χ1v) is 7.69. The van der Waals surface area contributed by atoms with Crippen molar-refractivity contribution in [2.45, 2.75) is 19.8 Å². The molecular formula is C17H17Cl2NO2. The van der Waals surface area contributed by atoms with Gasteiger partial charge in [0.1, 0.15) is 5.75 Å². The van der Waals surface area contributed by atoms with Crippen molar-refractivity contribution in [3.63, 3.8) is 0 Å². The first kappa shape index (κ1) is 16.7. The lowest BCUT2D eigenvalue weighted by atomic mass is 10.0. The summed E-state index contributed by atoms with van der Waals surface area (Å²) in [6.07, 6.45) is 0. The van der Waals surface area contributed by atoms with Crippen LogP contribution in [0, 0.1) is 0 Å². The lowest BCUT2D eigenvalue weighted by molar-refractivity contribution is -0.118. The fourth-order valence-electron chi connectivity index (χ4n) is 1.88. The van der Waals surface area contributed by atoms with Crippen molar-refractivity contribution in [2.75, 3.05) is 11.9 Å². The van der Waals surface area contributed by atoms with Crippen molar-refractivity contribution in [2.24, 2.45) is 0 Å². The second-order valence-corrected chi connectivity index (χ2v) is 6.03. The monoisotopic (exact) mass is 337 g/mol. The molecule has 0 aliphatic rings. The minimum atomic E-state index is -0.256. The van der Waals surface area contributed by atoms with E-state index in [9.17, 15) is 4.79 Å². The number of hydrogen-bond acceptors (Lipinski definition) is 2. The van der Waals surface area contributed by atoms with Crippen molar-refractivity contribution in [3.8, 4) is 5.75 Å². The Kier molecular flexibility index (Phi) is 5.69. The van der Waals surface area contributed by atoms with Gasteiger partial charge in [0.05, 0.1) is 5.02 Å². The average molecular weight is 338 g/mol. The molecule has 0 heterocycles. The molecule has 0 unspecified atom stereocenters. The second kappa shape index (κ2) is 7.52. The van der Waals surface area contributed by atoms with Crippen molar-refractivity contribution >= 4 is 34.8 Å². The minimum absolute atomic E-state index is 0.133. The number of rotatable bonds is 5. The van der Waals surface area contributed by atoms with Crippen LogP contribution in [0.2, 0.25) is 10.0 Å². The number of nitrogens with one attached hydrogen (secondary N) is 1. The number of halogens is 2. The van der Waals surface area contributed by atoms with Crippen molar-refractivity contribution in [3.05, 3.63) is 58.1 Å². The van der Waals surface area contributed by atoms with E-state index in [0.717, 1.165) is 5.69 Å². The lowest BCUT2D eigenvalue weighted by Gasteiger charge is -2.10. The van der Waals surface area contributed by atoms with E-state index in [2.05, 4.69) is 19.2 Å². The number of benzene rings is 2. The van der Waals surface area contributed by atoms with Crippen LogP contribution < -0.4 is 10.1 Å². The van der Waals surface area contributed by atoms with Gasteiger partial charge in [-0.1, -0.05) is 49.2 Å². The molecule has 2 aromatic carbocycles. The van der Waals surface area contributed by atoms with Crippen LogP contribution in [0.1, 0.15) is 25.3 Å². The summed E-state index contributed by atoms with van der Waals surface area (Å²) in [5.41, 5.74) is 1.95. The van der Waals surface area contributed by atoms with E-state index in [0.29, 0.717) is 21.7 Å². The Hall–Kier alpha value is -1.71. The second-order valence-electron chi connectivity index (χ2n) is 5.19. The molecule has 0 aliphatic carbocycles. The number of carbonyl (C=O) groups is 1. The van der Waals surface area contributed by atoms with Crippen molar-refractivity contribution < 1.29 is 9.53 Å². The molecule has 0 saturated carbocycles. The molecule has 0 aliphatic heterocycles. The Morgan fingerprint density at radius 1 is 1.14 bits per heavy atom. The van der Waals surface area contributed by atoms with Crippen LogP contribution in [0.5, 0.6) is 5.75 Å². The van der Waals surface area contributed by atoms with Gasteiger partial charge in [0.25, 0.3) is 5.91 Å². The molecule has 3 nitrogen and oxygen atoms in total. The van der Waals surface area contributed by atoms with Gasteiger partial charge in [0, 0.05) is 16.8 Å². The number of amides is 1. The summed E-state index contributed by atoms with van der Waals surface area (Å²) in [5.74, 6) is 0.589. The van der Waals surface area contributed by atoms with Crippen LogP contribution in [-0.2, 0) is 4.79 Å². The van der Waals surface area contributed by atoms with Crippen LogP contribution in [0.4, 0.5) is 5.69 Å². The minimum Gasteiger partial charge on any atom is -0.482 e. The SMILES string of the molecule is CC(C)c1ccc(NC(=O)COc2cc(Cl)ccc2Cl)cc1. The molecule has 0 saturated heterocycles.